The molecule has 1 atom stereocenters. The van der Waals surface area contributed by atoms with Crippen LogP contribution in [0.15, 0.2) is 16.8 Å². The number of likely N-dealkylation sites (N-methyl/N-ethyl adjacent to an activating group) is 1. The Morgan fingerprint density at radius 3 is 2.65 bits per heavy atom. The van der Waals surface area contributed by atoms with Gasteiger partial charge in [-0.05, 0) is 55.2 Å². The van der Waals surface area contributed by atoms with E-state index >= 15 is 0 Å². The lowest BCUT2D eigenvalue weighted by Crippen LogP contribution is -2.38. The van der Waals surface area contributed by atoms with Crippen LogP contribution in [-0.4, -0.2) is 37.6 Å². The normalized spacial score (nSPS) is 13.5. The highest BCUT2D eigenvalue weighted by molar-refractivity contribution is 7.07. The molecule has 0 aromatic carbocycles. The van der Waals surface area contributed by atoms with Gasteiger partial charge in [-0.3, -0.25) is 0 Å². The van der Waals surface area contributed by atoms with Crippen LogP contribution in [0, 0.1) is 5.92 Å². The Balaban J connectivity index is 2.04. The smallest absolute Gasteiger partial charge is 0.0107 e. The van der Waals surface area contributed by atoms with Gasteiger partial charge in [0.2, 0.25) is 0 Å². The van der Waals surface area contributed by atoms with E-state index in [1.165, 1.54) is 5.56 Å². The van der Waals surface area contributed by atoms with Crippen LogP contribution >= 0.6 is 11.3 Å². The molecule has 0 aliphatic rings. The van der Waals surface area contributed by atoms with Gasteiger partial charge in [0.25, 0.3) is 0 Å². The summed E-state index contributed by atoms with van der Waals surface area (Å²) in [6.07, 6.45) is 1.15. The molecule has 17 heavy (non-hydrogen) atoms. The summed E-state index contributed by atoms with van der Waals surface area (Å²) in [5.41, 5.74) is 1.45. The molecule has 1 aromatic heterocycles. The summed E-state index contributed by atoms with van der Waals surface area (Å²) in [5, 5.41) is 7.89. The van der Waals surface area contributed by atoms with Crippen molar-refractivity contribution < 1.29 is 0 Å². The average molecular weight is 254 g/mol. The molecule has 0 saturated heterocycles. The van der Waals surface area contributed by atoms with Crippen molar-refractivity contribution in [2.75, 3.05) is 26.7 Å². The minimum Gasteiger partial charge on any atom is -0.315 e. The average Bonchev–Trinajstić information content (AvgIpc) is 2.80. The highest BCUT2D eigenvalue weighted by Gasteiger charge is 2.11. The van der Waals surface area contributed by atoms with Gasteiger partial charge in [-0.1, -0.05) is 13.8 Å². The molecule has 0 saturated carbocycles. The van der Waals surface area contributed by atoms with E-state index in [4.69, 9.17) is 0 Å². The topological polar surface area (TPSA) is 15.3 Å². The van der Waals surface area contributed by atoms with Gasteiger partial charge in [0.05, 0.1) is 0 Å². The zero-order chi connectivity index (χ0) is 12.7. The van der Waals surface area contributed by atoms with Crippen LogP contribution < -0.4 is 5.32 Å². The molecule has 3 heteroatoms. The molecule has 0 fully saturated rings. The van der Waals surface area contributed by atoms with Crippen molar-refractivity contribution in [2.45, 2.75) is 33.2 Å². The molecule has 0 radical (unpaired) electrons. The van der Waals surface area contributed by atoms with Crippen molar-refractivity contribution in [3.8, 4) is 0 Å². The second-order valence-electron chi connectivity index (χ2n) is 5.10. The lowest BCUT2D eigenvalue weighted by Gasteiger charge is -2.27. The third-order valence-electron chi connectivity index (χ3n) is 3.47. The zero-order valence-corrected chi connectivity index (χ0v) is 12.4. The highest BCUT2D eigenvalue weighted by atomic mass is 32.1. The Morgan fingerprint density at radius 2 is 2.06 bits per heavy atom. The Hall–Kier alpha value is -0.380. The van der Waals surface area contributed by atoms with E-state index in [9.17, 15) is 0 Å². The quantitative estimate of drug-likeness (QED) is 0.718. The van der Waals surface area contributed by atoms with Crippen molar-refractivity contribution in [1.29, 1.82) is 0 Å². The fourth-order valence-corrected chi connectivity index (χ4v) is 2.46. The van der Waals surface area contributed by atoms with Crippen LogP contribution in [0.4, 0.5) is 0 Å². The first-order valence-corrected chi connectivity index (χ1v) is 7.47. The van der Waals surface area contributed by atoms with Crippen LogP contribution in [-0.2, 0) is 6.42 Å². The fourth-order valence-electron chi connectivity index (χ4n) is 1.76. The number of nitrogens with zero attached hydrogens (tertiary/aromatic N) is 1. The molecule has 1 unspecified atom stereocenters. The third kappa shape index (κ3) is 5.66. The van der Waals surface area contributed by atoms with Gasteiger partial charge >= 0.3 is 0 Å². The van der Waals surface area contributed by atoms with Crippen molar-refractivity contribution in [3.63, 3.8) is 0 Å². The molecule has 1 N–H and O–H groups in total. The maximum absolute atomic E-state index is 3.51. The second-order valence-corrected chi connectivity index (χ2v) is 5.88. The highest BCUT2D eigenvalue weighted by Crippen LogP contribution is 2.07. The van der Waals surface area contributed by atoms with Crippen LogP contribution in [0.1, 0.15) is 26.3 Å². The van der Waals surface area contributed by atoms with Crippen molar-refractivity contribution in [3.05, 3.63) is 22.4 Å². The van der Waals surface area contributed by atoms with Crippen molar-refractivity contribution in [2.24, 2.45) is 5.92 Å². The van der Waals surface area contributed by atoms with E-state index in [2.05, 4.69) is 54.9 Å². The molecule has 1 heterocycles. The molecule has 1 aromatic rings. The molecular weight excluding hydrogens is 228 g/mol. The molecule has 0 amide bonds. The van der Waals surface area contributed by atoms with E-state index in [0.29, 0.717) is 6.04 Å². The molecule has 0 bridgehead atoms. The lowest BCUT2D eigenvalue weighted by molar-refractivity contribution is 0.209. The first kappa shape index (κ1) is 14.7. The SMILES string of the molecule is CC(C)C(C)N(C)CCNCCc1ccsc1. The molecule has 0 spiro atoms. The van der Waals surface area contributed by atoms with E-state index in [1.54, 1.807) is 11.3 Å². The minimum absolute atomic E-state index is 0.661. The monoisotopic (exact) mass is 254 g/mol. The number of thiophene rings is 1. The van der Waals surface area contributed by atoms with E-state index in [-0.39, 0.29) is 0 Å². The molecule has 0 aliphatic carbocycles. The van der Waals surface area contributed by atoms with Gasteiger partial charge in [0.1, 0.15) is 0 Å². The summed E-state index contributed by atoms with van der Waals surface area (Å²) >= 11 is 1.78. The zero-order valence-electron chi connectivity index (χ0n) is 11.6. The van der Waals surface area contributed by atoms with Gasteiger partial charge in [-0.25, -0.2) is 0 Å². The van der Waals surface area contributed by atoms with Gasteiger partial charge in [0, 0.05) is 19.1 Å². The van der Waals surface area contributed by atoms with E-state index < -0.39 is 0 Å². The Kier molecular flexibility index (Phi) is 6.78. The Bertz CT molecular complexity index is 282. The van der Waals surface area contributed by atoms with Crippen LogP contribution in [0.5, 0.6) is 0 Å². The van der Waals surface area contributed by atoms with Gasteiger partial charge < -0.3 is 10.2 Å². The molecule has 2 nitrogen and oxygen atoms in total. The first-order valence-electron chi connectivity index (χ1n) is 6.53. The predicted molar refractivity (Wildman–Crippen MR) is 77.8 cm³/mol. The predicted octanol–water partition coefficient (Wildman–Crippen LogP) is 2.86. The molecule has 1 rings (SSSR count). The standard InChI is InChI=1S/C14H26N2S/c1-12(2)13(3)16(4)9-8-15-7-5-14-6-10-17-11-14/h6,10-13,15H,5,7-9H2,1-4H3. The van der Waals surface area contributed by atoms with E-state index in [1.807, 2.05) is 0 Å². The Morgan fingerprint density at radius 1 is 1.29 bits per heavy atom. The molecule has 98 valence electrons. The van der Waals surface area contributed by atoms with Crippen molar-refractivity contribution in [1.82, 2.24) is 10.2 Å². The van der Waals surface area contributed by atoms with E-state index in [0.717, 1.165) is 32.0 Å². The third-order valence-corrected chi connectivity index (χ3v) is 4.20. The first-order chi connectivity index (χ1) is 8.11. The number of nitrogens with one attached hydrogen (secondary N) is 1. The lowest BCUT2D eigenvalue weighted by atomic mass is 10.1. The molecular formula is C14H26N2S. The Labute approximate surface area is 110 Å². The number of rotatable bonds is 8. The van der Waals surface area contributed by atoms with Crippen molar-refractivity contribution >= 4 is 11.3 Å². The number of hydrogen-bond donors (Lipinski definition) is 1. The largest absolute Gasteiger partial charge is 0.315 e. The van der Waals surface area contributed by atoms with Gasteiger partial charge in [0.15, 0.2) is 0 Å². The summed E-state index contributed by atoms with van der Waals surface area (Å²) in [7, 11) is 2.21. The maximum atomic E-state index is 3.51. The van der Waals surface area contributed by atoms with Gasteiger partial charge in [-0.2, -0.15) is 11.3 Å². The maximum Gasteiger partial charge on any atom is 0.0107 e. The van der Waals surface area contributed by atoms with Crippen LogP contribution in [0.2, 0.25) is 0 Å². The van der Waals surface area contributed by atoms with Crippen LogP contribution in [0.3, 0.4) is 0 Å². The summed E-state index contributed by atoms with van der Waals surface area (Å²) in [4.78, 5) is 2.43. The number of hydrogen-bond acceptors (Lipinski definition) is 3. The fraction of sp³-hybridized carbons (Fsp3) is 0.714. The van der Waals surface area contributed by atoms with Gasteiger partial charge in [-0.15, -0.1) is 0 Å². The summed E-state index contributed by atoms with van der Waals surface area (Å²) < 4.78 is 0. The summed E-state index contributed by atoms with van der Waals surface area (Å²) in [6.45, 7) is 10.2. The summed E-state index contributed by atoms with van der Waals surface area (Å²) in [6, 6.07) is 2.87. The van der Waals surface area contributed by atoms with Crippen LogP contribution in [0.25, 0.3) is 0 Å². The minimum atomic E-state index is 0.661. The second kappa shape index (κ2) is 7.85. The summed E-state index contributed by atoms with van der Waals surface area (Å²) in [5.74, 6) is 0.728. The molecule has 0 aliphatic heterocycles.